The van der Waals surface area contributed by atoms with Crippen molar-refractivity contribution < 1.29 is 5.11 Å². The van der Waals surface area contributed by atoms with Crippen molar-refractivity contribution in [3.8, 4) is 5.75 Å². The molecule has 2 rings (SSSR count). The van der Waals surface area contributed by atoms with Crippen LogP contribution in [-0.4, -0.2) is 10.1 Å². The van der Waals surface area contributed by atoms with Gasteiger partial charge in [-0.25, -0.2) is 0 Å². The molecule has 1 aromatic carbocycles. The molecule has 70 valence electrons. The highest BCUT2D eigenvalue weighted by Gasteiger charge is 2.00. The highest BCUT2D eigenvalue weighted by atomic mass is 16.3. The van der Waals surface area contributed by atoms with E-state index in [0.717, 1.165) is 17.5 Å². The number of pyridine rings is 1. The topological polar surface area (TPSA) is 33.1 Å². The van der Waals surface area contributed by atoms with E-state index in [4.69, 9.17) is 0 Å². The number of hydrogen-bond donors (Lipinski definition) is 1. The summed E-state index contributed by atoms with van der Waals surface area (Å²) in [7, 11) is 0. The average molecular weight is 185 g/mol. The first-order valence-electron chi connectivity index (χ1n) is 4.52. The Hall–Kier alpha value is -1.83. The summed E-state index contributed by atoms with van der Waals surface area (Å²) in [5, 5.41) is 9.55. The third-order valence-corrected chi connectivity index (χ3v) is 2.11. The minimum Gasteiger partial charge on any atom is -0.508 e. The van der Waals surface area contributed by atoms with Crippen LogP contribution in [-0.2, 0) is 6.42 Å². The van der Waals surface area contributed by atoms with E-state index in [1.165, 1.54) is 0 Å². The molecule has 0 bridgehead atoms. The van der Waals surface area contributed by atoms with Crippen molar-refractivity contribution in [3.05, 3.63) is 59.9 Å². The van der Waals surface area contributed by atoms with Crippen LogP contribution < -0.4 is 0 Å². The van der Waals surface area contributed by atoms with Gasteiger partial charge in [0.2, 0.25) is 0 Å². The third kappa shape index (κ3) is 1.91. The Bertz CT molecular complexity index is 412. The molecule has 0 atom stereocenters. The zero-order valence-corrected chi connectivity index (χ0v) is 7.72. The van der Waals surface area contributed by atoms with Crippen LogP contribution in [0, 0.1) is 0 Å². The van der Waals surface area contributed by atoms with Gasteiger partial charge in [-0.3, -0.25) is 4.98 Å². The monoisotopic (exact) mass is 185 g/mol. The third-order valence-electron chi connectivity index (χ3n) is 2.11. The molecule has 1 N–H and O–H groups in total. The highest BCUT2D eigenvalue weighted by molar-refractivity contribution is 5.35. The number of nitrogens with zero attached hydrogens (tertiary/aromatic N) is 1. The van der Waals surface area contributed by atoms with Crippen LogP contribution >= 0.6 is 0 Å². The molecule has 14 heavy (non-hydrogen) atoms. The van der Waals surface area contributed by atoms with E-state index in [9.17, 15) is 5.11 Å². The lowest BCUT2D eigenvalue weighted by molar-refractivity contribution is 0.469. The van der Waals surface area contributed by atoms with Crippen LogP contribution in [0.25, 0.3) is 0 Å². The molecule has 0 saturated heterocycles. The van der Waals surface area contributed by atoms with Gasteiger partial charge in [0.1, 0.15) is 5.75 Å². The van der Waals surface area contributed by atoms with Gasteiger partial charge in [-0.05, 0) is 23.3 Å². The Labute approximate surface area is 82.9 Å². The molecular weight excluding hydrogens is 174 g/mol. The summed E-state index contributed by atoms with van der Waals surface area (Å²) in [5.41, 5.74) is 2.04. The van der Waals surface area contributed by atoms with Crippen LogP contribution in [0.15, 0.2) is 48.8 Å². The molecule has 0 aliphatic heterocycles. The molecule has 0 spiro atoms. The minimum atomic E-state index is 0.344. The van der Waals surface area contributed by atoms with Gasteiger partial charge in [0.05, 0.1) is 0 Å². The highest BCUT2D eigenvalue weighted by Crippen LogP contribution is 2.18. The van der Waals surface area contributed by atoms with Crippen molar-refractivity contribution in [2.24, 2.45) is 0 Å². The van der Waals surface area contributed by atoms with E-state index < -0.39 is 0 Å². The number of phenolic OH excluding ortho intramolecular Hbond substituents is 1. The first-order chi connectivity index (χ1) is 6.86. The fourth-order valence-electron chi connectivity index (χ4n) is 1.38. The van der Waals surface area contributed by atoms with Crippen LogP contribution in [0.2, 0.25) is 0 Å². The summed E-state index contributed by atoms with van der Waals surface area (Å²) in [6.07, 6.45) is 4.28. The van der Waals surface area contributed by atoms with Gasteiger partial charge in [0, 0.05) is 18.8 Å². The van der Waals surface area contributed by atoms with E-state index in [0.29, 0.717) is 5.75 Å². The number of aromatic nitrogens is 1. The first-order valence-corrected chi connectivity index (χ1v) is 4.52. The van der Waals surface area contributed by atoms with Gasteiger partial charge in [-0.2, -0.15) is 0 Å². The largest absolute Gasteiger partial charge is 0.508 e. The maximum atomic E-state index is 9.55. The standard InChI is InChI=1S/C12H11NO/c14-12-6-2-1-5-11(12)8-10-4-3-7-13-9-10/h1-7,9,14H,8H2. The summed E-state index contributed by atoms with van der Waals surface area (Å²) in [5.74, 6) is 0.344. The Kier molecular flexibility index (Phi) is 2.45. The molecule has 0 saturated carbocycles. The molecule has 1 heterocycles. The maximum absolute atomic E-state index is 9.55. The molecule has 1 aromatic heterocycles. The van der Waals surface area contributed by atoms with Gasteiger partial charge < -0.3 is 5.11 Å². The Morgan fingerprint density at radius 1 is 1.07 bits per heavy atom. The van der Waals surface area contributed by atoms with Crippen molar-refractivity contribution in [1.82, 2.24) is 4.98 Å². The SMILES string of the molecule is Oc1ccccc1Cc1cccnc1. The van der Waals surface area contributed by atoms with Gasteiger partial charge in [0.25, 0.3) is 0 Å². The van der Waals surface area contributed by atoms with Crippen molar-refractivity contribution in [2.75, 3.05) is 0 Å². The van der Waals surface area contributed by atoms with Crippen molar-refractivity contribution in [3.63, 3.8) is 0 Å². The summed E-state index contributed by atoms with van der Waals surface area (Å²) >= 11 is 0. The summed E-state index contributed by atoms with van der Waals surface area (Å²) in [6, 6.07) is 11.3. The van der Waals surface area contributed by atoms with Gasteiger partial charge in [-0.15, -0.1) is 0 Å². The summed E-state index contributed by atoms with van der Waals surface area (Å²) < 4.78 is 0. The molecule has 2 aromatic rings. The van der Waals surface area contributed by atoms with Gasteiger partial charge in [-0.1, -0.05) is 24.3 Å². The Morgan fingerprint density at radius 2 is 1.93 bits per heavy atom. The quantitative estimate of drug-likeness (QED) is 0.779. The van der Waals surface area contributed by atoms with E-state index in [2.05, 4.69) is 4.98 Å². The average Bonchev–Trinajstić information content (AvgIpc) is 2.23. The predicted molar refractivity (Wildman–Crippen MR) is 55.1 cm³/mol. The molecular formula is C12H11NO. The van der Waals surface area contributed by atoms with Crippen molar-refractivity contribution in [2.45, 2.75) is 6.42 Å². The second-order valence-electron chi connectivity index (χ2n) is 3.17. The number of hydrogen-bond acceptors (Lipinski definition) is 2. The molecule has 2 nitrogen and oxygen atoms in total. The Balaban J connectivity index is 2.24. The minimum absolute atomic E-state index is 0.344. The first kappa shape index (κ1) is 8.75. The smallest absolute Gasteiger partial charge is 0.119 e. The lowest BCUT2D eigenvalue weighted by atomic mass is 10.1. The Morgan fingerprint density at radius 3 is 2.64 bits per heavy atom. The number of para-hydroxylation sites is 1. The van der Waals surface area contributed by atoms with Gasteiger partial charge in [0.15, 0.2) is 0 Å². The fourth-order valence-corrected chi connectivity index (χ4v) is 1.38. The normalized spacial score (nSPS) is 10.0. The van der Waals surface area contributed by atoms with Crippen molar-refractivity contribution in [1.29, 1.82) is 0 Å². The molecule has 0 aliphatic carbocycles. The second kappa shape index (κ2) is 3.92. The predicted octanol–water partition coefficient (Wildman–Crippen LogP) is 2.38. The van der Waals surface area contributed by atoms with E-state index >= 15 is 0 Å². The van der Waals surface area contributed by atoms with Gasteiger partial charge >= 0.3 is 0 Å². The maximum Gasteiger partial charge on any atom is 0.119 e. The molecule has 0 unspecified atom stereocenters. The zero-order valence-electron chi connectivity index (χ0n) is 7.72. The summed E-state index contributed by atoms with van der Waals surface area (Å²) in [6.45, 7) is 0. The molecule has 0 aliphatic rings. The van der Waals surface area contributed by atoms with Crippen LogP contribution in [0.1, 0.15) is 11.1 Å². The van der Waals surface area contributed by atoms with E-state index in [1.807, 2.05) is 36.5 Å². The van der Waals surface area contributed by atoms with E-state index in [-0.39, 0.29) is 0 Å². The zero-order chi connectivity index (χ0) is 9.80. The van der Waals surface area contributed by atoms with Crippen molar-refractivity contribution >= 4 is 0 Å². The van der Waals surface area contributed by atoms with E-state index in [1.54, 1.807) is 12.3 Å². The lowest BCUT2D eigenvalue weighted by Gasteiger charge is -2.03. The summed E-state index contributed by atoms with van der Waals surface area (Å²) in [4.78, 5) is 4.03. The number of rotatable bonds is 2. The lowest BCUT2D eigenvalue weighted by Crippen LogP contribution is -1.88. The number of phenols is 1. The van der Waals surface area contributed by atoms with Crippen LogP contribution in [0.5, 0.6) is 5.75 Å². The second-order valence-corrected chi connectivity index (χ2v) is 3.17. The van der Waals surface area contributed by atoms with Crippen LogP contribution in [0.3, 0.4) is 0 Å². The van der Waals surface area contributed by atoms with Crippen LogP contribution in [0.4, 0.5) is 0 Å². The molecule has 0 amide bonds. The number of benzene rings is 1. The molecule has 0 fully saturated rings. The number of aromatic hydroxyl groups is 1. The molecule has 2 heteroatoms. The molecule has 0 radical (unpaired) electrons. The fraction of sp³-hybridized carbons (Fsp3) is 0.0833.